The van der Waals surface area contributed by atoms with Gasteiger partial charge in [0.05, 0.1) is 0 Å². The van der Waals surface area contributed by atoms with Crippen molar-refractivity contribution in [1.82, 2.24) is 24.7 Å². The topological polar surface area (TPSA) is 85.6 Å². The number of halogens is 1. The fraction of sp³-hybridized carbons (Fsp3) is 0.150. The highest BCUT2D eigenvalue weighted by atomic mass is 32.2. The SMILES string of the molecule is C[C@H](Sc1nncn1C)c1ccnc(NC(=O)c2ccc3cccc(F)c3n2)c1. The van der Waals surface area contributed by atoms with Gasteiger partial charge in [-0.3, -0.25) is 4.79 Å². The average molecular weight is 408 g/mol. The highest BCUT2D eigenvalue weighted by Crippen LogP contribution is 2.33. The molecule has 0 saturated heterocycles. The van der Waals surface area contributed by atoms with E-state index < -0.39 is 11.7 Å². The van der Waals surface area contributed by atoms with Gasteiger partial charge < -0.3 is 9.88 Å². The van der Waals surface area contributed by atoms with E-state index in [2.05, 4.69) is 25.5 Å². The number of carbonyl (C=O) groups excluding carboxylic acids is 1. The van der Waals surface area contributed by atoms with E-state index in [0.717, 1.165) is 10.7 Å². The number of para-hydroxylation sites is 1. The molecule has 0 aliphatic heterocycles. The third-order valence-electron chi connectivity index (χ3n) is 4.35. The van der Waals surface area contributed by atoms with E-state index in [0.29, 0.717) is 11.2 Å². The fourth-order valence-corrected chi connectivity index (χ4v) is 3.70. The van der Waals surface area contributed by atoms with Gasteiger partial charge in [0.25, 0.3) is 5.91 Å². The van der Waals surface area contributed by atoms with Gasteiger partial charge in [-0.05, 0) is 36.8 Å². The van der Waals surface area contributed by atoms with Crippen molar-refractivity contribution in [3.05, 3.63) is 72.1 Å². The average Bonchev–Trinajstić information content (AvgIpc) is 3.12. The lowest BCUT2D eigenvalue weighted by Gasteiger charge is -2.12. The minimum Gasteiger partial charge on any atom is -0.312 e. The predicted molar refractivity (Wildman–Crippen MR) is 109 cm³/mol. The van der Waals surface area contributed by atoms with Gasteiger partial charge in [0.2, 0.25) is 0 Å². The number of nitrogens with zero attached hydrogens (tertiary/aromatic N) is 5. The summed E-state index contributed by atoms with van der Waals surface area (Å²) in [5.74, 6) is -0.520. The van der Waals surface area contributed by atoms with Crippen LogP contribution in [0.25, 0.3) is 10.9 Å². The molecule has 1 amide bonds. The molecule has 0 spiro atoms. The van der Waals surface area contributed by atoms with Crippen molar-refractivity contribution in [2.24, 2.45) is 7.05 Å². The number of hydrogen-bond acceptors (Lipinski definition) is 6. The van der Waals surface area contributed by atoms with Crippen molar-refractivity contribution in [2.45, 2.75) is 17.3 Å². The van der Waals surface area contributed by atoms with Crippen LogP contribution in [-0.4, -0.2) is 30.6 Å². The Hall–Kier alpha value is -3.33. The van der Waals surface area contributed by atoms with Gasteiger partial charge in [-0.25, -0.2) is 14.4 Å². The molecule has 1 aromatic carbocycles. The number of anilines is 1. The van der Waals surface area contributed by atoms with E-state index in [4.69, 9.17) is 0 Å². The number of rotatable bonds is 5. The van der Waals surface area contributed by atoms with Crippen LogP contribution in [0, 0.1) is 5.82 Å². The van der Waals surface area contributed by atoms with Gasteiger partial charge >= 0.3 is 0 Å². The Morgan fingerprint density at radius 1 is 1.24 bits per heavy atom. The van der Waals surface area contributed by atoms with E-state index in [1.54, 1.807) is 54.6 Å². The maximum atomic E-state index is 14.0. The first-order chi connectivity index (χ1) is 14.0. The molecule has 4 rings (SSSR count). The zero-order valence-electron chi connectivity index (χ0n) is 15.7. The lowest BCUT2D eigenvalue weighted by atomic mass is 10.2. The normalized spacial score (nSPS) is 12.1. The molecule has 0 bridgehead atoms. The van der Waals surface area contributed by atoms with Gasteiger partial charge in [-0.15, -0.1) is 10.2 Å². The van der Waals surface area contributed by atoms with Crippen LogP contribution in [0.5, 0.6) is 0 Å². The minimum atomic E-state index is -0.466. The van der Waals surface area contributed by atoms with Crippen LogP contribution in [0.1, 0.15) is 28.2 Å². The molecule has 4 aromatic rings. The van der Waals surface area contributed by atoms with Gasteiger partial charge in [0, 0.05) is 23.9 Å². The summed E-state index contributed by atoms with van der Waals surface area (Å²) in [6.45, 7) is 2.04. The molecule has 0 fully saturated rings. The Balaban J connectivity index is 1.52. The van der Waals surface area contributed by atoms with Gasteiger partial charge in [-0.1, -0.05) is 30.0 Å². The van der Waals surface area contributed by atoms with Crippen molar-refractivity contribution in [2.75, 3.05) is 5.32 Å². The molecule has 0 unspecified atom stereocenters. The van der Waals surface area contributed by atoms with Crippen LogP contribution in [0.3, 0.4) is 0 Å². The number of hydrogen-bond donors (Lipinski definition) is 1. The fourth-order valence-electron chi connectivity index (χ4n) is 2.79. The van der Waals surface area contributed by atoms with E-state index in [9.17, 15) is 9.18 Å². The molecule has 1 N–H and O–H groups in total. The molecule has 0 aliphatic rings. The highest BCUT2D eigenvalue weighted by Gasteiger charge is 2.14. The third-order valence-corrected chi connectivity index (χ3v) is 5.56. The molecule has 7 nitrogen and oxygen atoms in total. The van der Waals surface area contributed by atoms with Gasteiger partial charge in [-0.2, -0.15) is 0 Å². The first-order valence-corrected chi connectivity index (χ1v) is 9.72. The van der Waals surface area contributed by atoms with Gasteiger partial charge in [0.1, 0.15) is 29.2 Å². The summed E-state index contributed by atoms with van der Waals surface area (Å²) >= 11 is 1.55. The van der Waals surface area contributed by atoms with Crippen molar-refractivity contribution >= 4 is 34.4 Å². The number of aromatic nitrogens is 5. The summed E-state index contributed by atoms with van der Waals surface area (Å²) < 4.78 is 15.8. The Bertz CT molecular complexity index is 1190. The quantitative estimate of drug-likeness (QED) is 0.502. The summed E-state index contributed by atoms with van der Waals surface area (Å²) in [4.78, 5) is 20.9. The number of pyridine rings is 2. The summed E-state index contributed by atoms with van der Waals surface area (Å²) in [7, 11) is 1.88. The van der Waals surface area contributed by atoms with Crippen molar-refractivity contribution < 1.29 is 9.18 Å². The number of thioether (sulfide) groups is 1. The predicted octanol–water partition coefficient (Wildman–Crippen LogP) is 4.00. The number of fused-ring (bicyclic) bond motifs is 1. The number of benzene rings is 1. The van der Waals surface area contributed by atoms with Crippen molar-refractivity contribution in [1.29, 1.82) is 0 Å². The van der Waals surface area contributed by atoms with E-state index in [1.165, 1.54) is 6.07 Å². The van der Waals surface area contributed by atoms with E-state index in [1.807, 2.05) is 24.6 Å². The Labute approximate surface area is 170 Å². The highest BCUT2D eigenvalue weighted by molar-refractivity contribution is 7.99. The maximum absolute atomic E-state index is 14.0. The lowest BCUT2D eigenvalue weighted by Crippen LogP contribution is -2.15. The van der Waals surface area contributed by atoms with Crippen LogP contribution < -0.4 is 5.32 Å². The molecule has 146 valence electrons. The number of carbonyl (C=O) groups is 1. The van der Waals surface area contributed by atoms with E-state index in [-0.39, 0.29) is 16.5 Å². The molecular weight excluding hydrogens is 391 g/mol. The second-order valence-electron chi connectivity index (χ2n) is 6.42. The smallest absolute Gasteiger partial charge is 0.275 e. The number of aryl methyl sites for hydroxylation is 1. The zero-order valence-corrected chi connectivity index (χ0v) is 16.5. The van der Waals surface area contributed by atoms with Crippen LogP contribution >= 0.6 is 11.8 Å². The van der Waals surface area contributed by atoms with Crippen molar-refractivity contribution in [3.8, 4) is 0 Å². The molecule has 9 heteroatoms. The molecule has 0 saturated carbocycles. The molecule has 3 aromatic heterocycles. The molecule has 1 atom stereocenters. The standard InChI is InChI=1S/C20H17FN6OS/c1-12(29-20-26-23-11-27(20)2)14-8-9-22-17(10-14)25-19(28)16-7-6-13-4-3-5-15(21)18(13)24-16/h3-12H,1-2H3,(H,22,25,28)/t12-/m0/s1. The second-order valence-corrected chi connectivity index (χ2v) is 7.73. The molecule has 3 heterocycles. The van der Waals surface area contributed by atoms with Crippen molar-refractivity contribution in [3.63, 3.8) is 0 Å². The van der Waals surface area contributed by atoms with Crippen LogP contribution in [-0.2, 0) is 7.05 Å². The first-order valence-electron chi connectivity index (χ1n) is 8.84. The monoisotopic (exact) mass is 408 g/mol. The number of amides is 1. The number of nitrogens with one attached hydrogen (secondary N) is 1. The Morgan fingerprint density at radius 2 is 2.10 bits per heavy atom. The summed E-state index contributed by atoms with van der Waals surface area (Å²) in [6.07, 6.45) is 3.28. The molecule has 0 radical (unpaired) electrons. The molecule has 29 heavy (non-hydrogen) atoms. The van der Waals surface area contributed by atoms with Crippen LogP contribution in [0.4, 0.5) is 10.2 Å². The third kappa shape index (κ3) is 4.09. The largest absolute Gasteiger partial charge is 0.312 e. The van der Waals surface area contributed by atoms with Gasteiger partial charge in [0.15, 0.2) is 5.16 Å². The zero-order chi connectivity index (χ0) is 20.4. The first kappa shape index (κ1) is 19.0. The van der Waals surface area contributed by atoms with Crippen LogP contribution in [0.15, 0.2) is 60.1 Å². The van der Waals surface area contributed by atoms with E-state index >= 15 is 0 Å². The lowest BCUT2D eigenvalue weighted by molar-refractivity contribution is 0.102. The summed E-state index contributed by atoms with van der Waals surface area (Å²) in [6, 6.07) is 11.6. The second kappa shape index (κ2) is 7.96. The summed E-state index contributed by atoms with van der Waals surface area (Å²) in [5.41, 5.74) is 1.26. The molecule has 0 aliphatic carbocycles. The maximum Gasteiger partial charge on any atom is 0.275 e. The molecular formula is C20H17FN6OS. The summed E-state index contributed by atoms with van der Waals surface area (Å²) in [5, 5.41) is 12.2. The van der Waals surface area contributed by atoms with Crippen LogP contribution in [0.2, 0.25) is 0 Å². The Morgan fingerprint density at radius 3 is 2.90 bits per heavy atom. The Kier molecular flexibility index (Phi) is 5.22. The minimum absolute atomic E-state index is 0.0736.